The van der Waals surface area contributed by atoms with E-state index in [9.17, 15) is 4.79 Å². The average Bonchev–Trinajstić information content (AvgIpc) is 2.18. The van der Waals surface area contributed by atoms with Gasteiger partial charge in [0, 0.05) is 19.0 Å². The summed E-state index contributed by atoms with van der Waals surface area (Å²) in [7, 11) is 0. The van der Waals surface area contributed by atoms with E-state index >= 15 is 0 Å². The van der Waals surface area contributed by atoms with Crippen molar-refractivity contribution in [2.75, 3.05) is 6.61 Å². The average molecular weight is 191 g/mol. The lowest BCUT2D eigenvalue weighted by molar-refractivity contribution is -0.128. The molecular weight excluding hydrogens is 178 g/mol. The minimum absolute atomic E-state index is 0.127. The van der Waals surface area contributed by atoms with Crippen molar-refractivity contribution in [3.05, 3.63) is 29.6 Å². The molecule has 1 unspecified atom stereocenters. The van der Waals surface area contributed by atoms with Gasteiger partial charge >= 0.3 is 0 Å². The quantitative estimate of drug-likeness (QED) is 0.679. The number of rotatable bonds is 1. The highest BCUT2D eigenvalue weighted by molar-refractivity contribution is 5.79. The summed E-state index contributed by atoms with van der Waals surface area (Å²) >= 11 is 0. The van der Waals surface area contributed by atoms with Crippen molar-refractivity contribution in [2.45, 2.75) is 25.9 Å². The van der Waals surface area contributed by atoms with Gasteiger partial charge in [-0.2, -0.15) is 0 Å². The number of ketones is 1. The Kier molecular flexibility index (Phi) is 2.59. The molecule has 0 aliphatic carbocycles. The number of Topliss-reactive ketones (excluding diaryl/α,β-unsaturated/α-hetero) is 1. The molecule has 0 amide bonds. The number of hydrogen-bond donors (Lipinski definition) is 0. The highest BCUT2D eigenvalue weighted by Gasteiger charge is 2.23. The molecule has 1 aromatic rings. The third kappa shape index (κ3) is 1.82. The molecule has 1 aliphatic heterocycles. The number of nitrogens with zero attached hydrogens (tertiary/aromatic N) is 1. The van der Waals surface area contributed by atoms with Crippen LogP contribution in [0.25, 0.3) is 0 Å². The lowest BCUT2D eigenvalue weighted by atomic mass is 10.0. The highest BCUT2D eigenvalue weighted by Crippen LogP contribution is 2.26. The lowest BCUT2D eigenvalue weighted by Gasteiger charge is -2.22. The van der Waals surface area contributed by atoms with Gasteiger partial charge in [-0.3, -0.25) is 9.78 Å². The summed E-state index contributed by atoms with van der Waals surface area (Å²) in [6.45, 7) is 2.52. The smallest absolute Gasteiger partial charge is 0.138 e. The Bertz CT molecular complexity index is 349. The normalized spacial score (nSPS) is 22.4. The Balaban J connectivity index is 2.22. The first kappa shape index (κ1) is 9.34. The third-order valence-corrected chi connectivity index (χ3v) is 2.47. The maximum absolute atomic E-state index is 11.3. The van der Waals surface area contributed by atoms with Crippen LogP contribution in [0.1, 0.15) is 30.2 Å². The molecule has 0 aromatic carbocycles. The lowest BCUT2D eigenvalue weighted by Crippen LogP contribution is -2.20. The van der Waals surface area contributed by atoms with E-state index in [1.165, 1.54) is 0 Å². The van der Waals surface area contributed by atoms with E-state index in [0.29, 0.717) is 19.4 Å². The van der Waals surface area contributed by atoms with Gasteiger partial charge in [0.25, 0.3) is 0 Å². The van der Waals surface area contributed by atoms with Crippen LogP contribution in [0.5, 0.6) is 0 Å². The van der Waals surface area contributed by atoms with Gasteiger partial charge in [-0.05, 0) is 18.6 Å². The number of hydrogen-bond acceptors (Lipinski definition) is 3. The third-order valence-electron chi connectivity index (χ3n) is 2.47. The van der Waals surface area contributed by atoms with E-state index in [-0.39, 0.29) is 11.9 Å². The summed E-state index contributed by atoms with van der Waals surface area (Å²) in [5, 5.41) is 0. The fraction of sp³-hybridized carbons (Fsp3) is 0.455. The molecule has 1 aromatic heterocycles. The van der Waals surface area contributed by atoms with E-state index in [1.54, 1.807) is 6.20 Å². The Hall–Kier alpha value is -1.22. The van der Waals surface area contributed by atoms with Crippen molar-refractivity contribution in [3.8, 4) is 0 Å². The zero-order chi connectivity index (χ0) is 9.97. The Morgan fingerprint density at radius 1 is 1.57 bits per heavy atom. The topological polar surface area (TPSA) is 39.2 Å². The number of ether oxygens (including phenoxy) is 1. The molecule has 0 N–H and O–H groups in total. The molecule has 1 aliphatic rings. The van der Waals surface area contributed by atoms with Crippen molar-refractivity contribution in [2.24, 2.45) is 0 Å². The monoisotopic (exact) mass is 191 g/mol. The summed E-state index contributed by atoms with van der Waals surface area (Å²) < 4.78 is 5.53. The molecule has 2 rings (SSSR count). The number of aromatic nitrogens is 1. The number of carbonyl (C=O) groups excluding carboxylic acids is 1. The molecule has 1 atom stereocenters. The molecule has 0 saturated carbocycles. The first-order chi connectivity index (χ1) is 6.77. The van der Waals surface area contributed by atoms with Gasteiger partial charge in [0.2, 0.25) is 0 Å². The standard InChI is InChI=1S/C11H13NO2/c1-8-3-2-5-12-11(8)10-7-9(13)4-6-14-10/h2-3,5,10H,4,6-7H2,1H3. The van der Waals surface area contributed by atoms with Crippen molar-refractivity contribution in [1.82, 2.24) is 4.98 Å². The molecular formula is C11H13NO2. The predicted octanol–water partition coefficient (Wildman–Crippen LogP) is 1.81. The minimum Gasteiger partial charge on any atom is -0.371 e. The zero-order valence-electron chi connectivity index (χ0n) is 8.19. The van der Waals surface area contributed by atoms with Gasteiger partial charge in [-0.1, -0.05) is 6.07 Å². The van der Waals surface area contributed by atoms with Crippen LogP contribution in [0, 0.1) is 6.92 Å². The second-order valence-corrected chi connectivity index (χ2v) is 3.56. The SMILES string of the molecule is Cc1cccnc1C1CC(=O)CCO1. The summed E-state index contributed by atoms with van der Waals surface area (Å²) in [5.41, 5.74) is 1.99. The van der Waals surface area contributed by atoms with Crippen molar-refractivity contribution in [3.63, 3.8) is 0 Å². The molecule has 2 heterocycles. The molecule has 3 heteroatoms. The largest absolute Gasteiger partial charge is 0.371 e. The van der Waals surface area contributed by atoms with E-state index in [1.807, 2.05) is 19.1 Å². The summed E-state index contributed by atoms with van der Waals surface area (Å²) in [6, 6.07) is 3.88. The molecule has 74 valence electrons. The van der Waals surface area contributed by atoms with Crippen molar-refractivity contribution in [1.29, 1.82) is 0 Å². The molecule has 3 nitrogen and oxygen atoms in total. The van der Waals surface area contributed by atoms with Crippen LogP contribution >= 0.6 is 0 Å². The Morgan fingerprint density at radius 3 is 3.14 bits per heavy atom. The van der Waals surface area contributed by atoms with Crippen LogP contribution in [-0.2, 0) is 9.53 Å². The van der Waals surface area contributed by atoms with Crippen LogP contribution in [0.3, 0.4) is 0 Å². The van der Waals surface area contributed by atoms with Gasteiger partial charge in [0.05, 0.1) is 12.3 Å². The van der Waals surface area contributed by atoms with Gasteiger partial charge < -0.3 is 4.74 Å². The van der Waals surface area contributed by atoms with Gasteiger partial charge in [-0.25, -0.2) is 0 Å². The maximum atomic E-state index is 11.3. The second kappa shape index (κ2) is 3.88. The van der Waals surface area contributed by atoms with Crippen LogP contribution in [0.4, 0.5) is 0 Å². The van der Waals surface area contributed by atoms with E-state index < -0.39 is 0 Å². The van der Waals surface area contributed by atoms with Gasteiger partial charge in [-0.15, -0.1) is 0 Å². The maximum Gasteiger partial charge on any atom is 0.138 e. The fourth-order valence-corrected chi connectivity index (χ4v) is 1.69. The summed E-state index contributed by atoms with van der Waals surface area (Å²) in [4.78, 5) is 15.5. The molecule has 1 saturated heterocycles. The van der Waals surface area contributed by atoms with Gasteiger partial charge in [0.15, 0.2) is 0 Å². The summed E-state index contributed by atoms with van der Waals surface area (Å²) in [6.07, 6.45) is 2.63. The number of pyridine rings is 1. The molecule has 0 bridgehead atoms. The zero-order valence-corrected chi connectivity index (χ0v) is 8.19. The first-order valence-electron chi connectivity index (χ1n) is 4.82. The molecule has 1 fully saturated rings. The van der Waals surface area contributed by atoms with E-state index in [0.717, 1.165) is 11.3 Å². The first-order valence-corrected chi connectivity index (χ1v) is 4.82. The molecule has 0 spiro atoms. The number of carbonyl (C=O) groups is 1. The van der Waals surface area contributed by atoms with E-state index in [2.05, 4.69) is 4.98 Å². The molecule has 0 radical (unpaired) electrons. The predicted molar refractivity (Wildman–Crippen MR) is 51.9 cm³/mol. The molecule has 14 heavy (non-hydrogen) atoms. The summed E-state index contributed by atoms with van der Waals surface area (Å²) in [5.74, 6) is 0.270. The van der Waals surface area contributed by atoms with Crippen molar-refractivity contribution >= 4 is 5.78 Å². The fourth-order valence-electron chi connectivity index (χ4n) is 1.69. The Morgan fingerprint density at radius 2 is 2.43 bits per heavy atom. The minimum atomic E-state index is -0.127. The number of aryl methyl sites for hydroxylation is 1. The highest BCUT2D eigenvalue weighted by atomic mass is 16.5. The van der Waals surface area contributed by atoms with Crippen molar-refractivity contribution < 1.29 is 9.53 Å². The van der Waals surface area contributed by atoms with Gasteiger partial charge in [0.1, 0.15) is 11.9 Å². The van der Waals surface area contributed by atoms with Crippen LogP contribution in [0.2, 0.25) is 0 Å². The van der Waals surface area contributed by atoms with Crippen LogP contribution < -0.4 is 0 Å². The van der Waals surface area contributed by atoms with E-state index in [4.69, 9.17) is 4.74 Å². The Labute approximate surface area is 83.1 Å². The van der Waals surface area contributed by atoms with Crippen LogP contribution in [0.15, 0.2) is 18.3 Å². The second-order valence-electron chi connectivity index (χ2n) is 3.56. The van der Waals surface area contributed by atoms with Crippen LogP contribution in [-0.4, -0.2) is 17.4 Å².